The summed E-state index contributed by atoms with van der Waals surface area (Å²) in [6.07, 6.45) is 52.0. The lowest BCUT2D eigenvalue weighted by molar-refractivity contribution is -0.150. The first kappa shape index (κ1) is 53.9. The lowest BCUT2D eigenvalue weighted by atomic mass is 9.74. The van der Waals surface area contributed by atoms with Crippen molar-refractivity contribution in [3.63, 3.8) is 0 Å². The third-order valence-electron chi connectivity index (χ3n) is 12.6. The normalized spacial score (nSPS) is 12.0. The second-order valence-corrected chi connectivity index (χ2v) is 19.1. The fraction of sp³-hybridized carbons (Fsp3) is 0.961. The van der Waals surface area contributed by atoms with Gasteiger partial charge < -0.3 is 10.2 Å². The van der Waals surface area contributed by atoms with E-state index in [9.17, 15) is 14.7 Å². The van der Waals surface area contributed by atoms with E-state index < -0.39 is 17.4 Å². The Kier molecular flexibility index (Phi) is 40.3. The monoisotopic (exact) mass is 777 g/mol. The molecule has 0 aromatic rings. The minimum absolute atomic E-state index is 0.146. The summed E-state index contributed by atoms with van der Waals surface area (Å²) < 4.78 is 0. The maximum atomic E-state index is 12.7. The van der Waals surface area contributed by atoms with Crippen LogP contribution in [0.5, 0.6) is 0 Å². The molecule has 0 rings (SSSR count). The van der Waals surface area contributed by atoms with Gasteiger partial charge in [0.05, 0.1) is 5.41 Å². The van der Waals surface area contributed by atoms with Gasteiger partial charge in [0, 0.05) is 6.42 Å². The van der Waals surface area contributed by atoms with Crippen LogP contribution in [0.4, 0.5) is 0 Å². The summed E-state index contributed by atoms with van der Waals surface area (Å²) in [4.78, 5) is 23.8. The number of hydrogen-bond donors (Lipinski definition) is 2. The van der Waals surface area contributed by atoms with Crippen LogP contribution in [0.15, 0.2) is 0 Å². The van der Waals surface area contributed by atoms with Gasteiger partial charge in [-0.15, -0.1) is 0 Å². The van der Waals surface area contributed by atoms with Gasteiger partial charge in [0.15, 0.2) is 0 Å². The molecule has 0 saturated heterocycles. The minimum Gasteiger partial charge on any atom is -0.481 e. The quantitative estimate of drug-likeness (QED) is 0.0604. The zero-order valence-corrected chi connectivity index (χ0v) is 38.1. The molecule has 0 aliphatic carbocycles. The number of carboxylic acid groups (broad SMARTS) is 2. The highest BCUT2D eigenvalue weighted by Crippen LogP contribution is 2.38. The van der Waals surface area contributed by atoms with Crippen molar-refractivity contribution in [2.24, 2.45) is 17.3 Å². The predicted molar refractivity (Wildman–Crippen MR) is 241 cm³/mol. The Morgan fingerprint density at radius 3 is 0.727 bits per heavy atom. The molecule has 0 unspecified atom stereocenters. The molecule has 0 heterocycles. The highest BCUT2D eigenvalue weighted by molar-refractivity contribution is 5.74. The van der Waals surface area contributed by atoms with Gasteiger partial charge in [-0.05, 0) is 37.5 Å². The summed E-state index contributed by atoms with van der Waals surface area (Å²) in [5.41, 5.74) is -0.667. The summed E-state index contributed by atoms with van der Waals surface area (Å²) in [5, 5.41) is 19.5. The van der Waals surface area contributed by atoms with Crippen molar-refractivity contribution in [1.29, 1.82) is 0 Å². The lowest BCUT2D eigenvalue weighted by Gasteiger charge is -2.30. The van der Waals surface area contributed by atoms with E-state index in [2.05, 4.69) is 27.7 Å². The van der Waals surface area contributed by atoms with E-state index in [1.54, 1.807) is 0 Å². The zero-order valence-electron chi connectivity index (χ0n) is 38.1. The number of unbranched alkanes of at least 4 members (excludes halogenated alkanes) is 33. The molecular weight excluding hydrogens is 677 g/mol. The number of aliphatic carboxylic acids is 2. The van der Waals surface area contributed by atoms with Crippen LogP contribution in [-0.4, -0.2) is 22.2 Å². The molecule has 0 atom stereocenters. The van der Waals surface area contributed by atoms with Gasteiger partial charge in [-0.1, -0.05) is 265 Å². The summed E-state index contributed by atoms with van der Waals surface area (Å²) in [5.74, 6) is 0.304. The summed E-state index contributed by atoms with van der Waals surface area (Å²) >= 11 is 0. The Morgan fingerprint density at radius 1 is 0.327 bits per heavy atom. The highest BCUT2D eigenvalue weighted by atomic mass is 16.4. The first-order chi connectivity index (χ1) is 26.7. The molecule has 2 N–H and O–H groups in total. The van der Waals surface area contributed by atoms with Gasteiger partial charge in [-0.25, -0.2) is 0 Å². The standard InChI is InChI=1S/C51H100O4/c1-47(2)41-35-31-27-23-19-15-11-7-5-9-13-17-21-25-29-33-38-44-51(50(54)55,46-40-37-43-49(52)53)45-39-34-30-26-22-18-14-10-6-8-12-16-20-24-28-32-36-42-48(3)4/h47-48H,5-46H2,1-4H3,(H,52,53)(H,54,55). The third kappa shape index (κ3) is 39.5. The molecule has 4 nitrogen and oxygen atoms in total. The molecule has 328 valence electrons. The SMILES string of the molecule is CC(C)CCCCCCCCCCCCCCCCCCCC(CCCCCCCCCCCCCCCCCCCC(C)C)(CCCCC(=O)O)C(=O)O. The maximum Gasteiger partial charge on any atom is 0.309 e. The van der Waals surface area contributed by atoms with E-state index in [1.807, 2.05) is 0 Å². The predicted octanol–water partition coefficient (Wildman–Crippen LogP) is 17.8. The largest absolute Gasteiger partial charge is 0.481 e. The Hall–Kier alpha value is -1.06. The van der Waals surface area contributed by atoms with Crippen LogP contribution in [-0.2, 0) is 9.59 Å². The van der Waals surface area contributed by atoms with Crippen molar-refractivity contribution in [2.75, 3.05) is 0 Å². The first-order valence-corrected chi connectivity index (χ1v) is 25.1. The fourth-order valence-electron chi connectivity index (χ4n) is 8.77. The van der Waals surface area contributed by atoms with Gasteiger partial charge in [0.25, 0.3) is 0 Å². The van der Waals surface area contributed by atoms with Gasteiger partial charge in [0.1, 0.15) is 0 Å². The van der Waals surface area contributed by atoms with Crippen LogP contribution in [0.3, 0.4) is 0 Å². The molecule has 0 saturated carbocycles. The average molecular weight is 777 g/mol. The summed E-state index contributed by atoms with van der Waals surface area (Å²) in [7, 11) is 0. The molecule has 0 radical (unpaired) electrons. The molecule has 0 aromatic heterocycles. The lowest BCUT2D eigenvalue weighted by Crippen LogP contribution is -2.31. The molecule has 0 aliphatic heterocycles. The van der Waals surface area contributed by atoms with E-state index >= 15 is 0 Å². The highest BCUT2D eigenvalue weighted by Gasteiger charge is 2.36. The average Bonchev–Trinajstić information content (AvgIpc) is 3.14. The molecule has 0 amide bonds. The molecule has 0 aromatic carbocycles. The van der Waals surface area contributed by atoms with Crippen molar-refractivity contribution in [2.45, 2.75) is 297 Å². The van der Waals surface area contributed by atoms with Crippen LogP contribution >= 0.6 is 0 Å². The number of rotatable bonds is 46. The van der Waals surface area contributed by atoms with Gasteiger partial charge in [-0.3, -0.25) is 9.59 Å². The number of carboxylic acids is 2. The Morgan fingerprint density at radius 2 is 0.527 bits per heavy atom. The smallest absolute Gasteiger partial charge is 0.309 e. The van der Waals surface area contributed by atoms with Crippen molar-refractivity contribution in [3.8, 4) is 0 Å². The maximum absolute atomic E-state index is 12.7. The van der Waals surface area contributed by atoms with Crippen molar-refractivity contribution in [3.05, 3.63) is 0 Å². The van der Waals surface area contributed by atoms with Crippen LogP contribution in [0.25, 0.3) is 0 Å². The van der Waals surface area contributed by atoms with Crippen LogP contribution in [0.1, 0.15) is 297 Å². The Balaban J connectivity index is 3.98. The molecule has 55 heavy (non-hydrogen) atoms. The van der Waals surface area contributed by atoms with Gasteiger partial charge >= 0.3 is 11.9 Å². The second kappa shape index (κ2) is 41.1. The van der Waals surface area contributed by atoms with E-state index in [-0.39, 0.29) is 6.42 Å². The van der Waals surface area contributed by atoms with E-state index in [4.69, 9.17) is 5.11 Å². The van der Waals surface area contributed by atoms with Crippen LogP contribution in [0, 0.1) is 17.3 Å². The first-order valence-electron chi connectivity index (χ1n) is 25.1. The van der Waals surface area contributed by atoms with E-state index in [1.165, 1.54) is 205 Å². The molecule has 4 heteroatoms. The molecular formula is C51H100O4. The third-order valence-corrected chi connectivity index (χ3v) is 12.6. The van der Waals surface area contributed by atoms with Gasteiger partial charge in [0.2, 0.25) is 0 Å². The molecule has 0 fully saturated rings. The molecule has 0 aliphatic rings. The molecule has 0 spiro atoms. The van der Waals surface area contributed by atoms with Crippen LogP contribution in [0.2, 0.25) is 0 Å². The van der Waals surface area contributed by atoms with Crippen molar-refractivity contribution >= 4 is 11.9 Å². The van der Waals surface area contributed by atoms with Crippen LogP contribution < -0.4 is 0 Å². The van der Waals surface area contributed by atoms with E-state index in [0.29, 0.717) is 19.3 Å². The summed E-state index contributed by atoms with van der Waals surface area (Å²) in [6, 6.07) is 0. The Labute approximate surface area is 345 Å². The van der Waals surface area contributed by atoms with E-state index in [0.717, 1.165) is 50.4 Å². The summed E-state index contributed by atoms with van der Waals surface area (Å²) in [6.45, 7) is 9.32. The number of carbonyl (C=O) groups is 2. The second-order valence-electron chi connectivity index (χ2n) is 19.1. The molecule has 0 bridgehead atoms. The van der Waals surface area contributed by atoms with Gasteiger partial charge in [-0.2, -0.15) is 0 Å². The van der Waals surface area contributed by atoms with Crippen molar-refractivity contribution in [1.82, 2.24) is 0 Å². The minimum atomic E-state index is -0.775. The zero-order chi connectivity index (χ0) is 40.5. The topological polar surface area (TPSA) is 74.6 Å². The Bertz CT molecular complexity index is 759. The number of hydrogen-bond acceptors (Lipinski definition) is 2. The van der Waals surface area contributed by atoms with Crippen molar-refractivity contribution < 1.29 is 19.8 Å². The fourth-order valence-corrected chi connectivity index (χ4v) is 8.77.